The molecule has 2 rings (SSSR count). The fourth-order valence-corrected chi connectivity index (χ4v) is 1.58. The molecule has 0 aliphatic carbocycles. The molecule has 5 nitrogen and oxygen atoms in total. The predicted molar refractivity (Wildman–Crippen MR) is 63.4 cm³/mol. The zero-order chi connectivity index (χ0) is 10.8. The highest BCUT2D eigenvalue weighted by Gasteiger charge is 2.08. The molecule has 0 radical (unpaired) electrons. The van der Waals surface area contributed by atoms with Crippen LogP contribution in [0.5, 0.6) is 6.01 Å². The van der Waals surface area contributed by atoms with Crippen molar-refractivity contribution in [3.8, 4) is 11.8 Å². The topological polar surface area (TPSA) is 52.8 Å². The summed E-state index contributed by atoms with van der Waals surface area (Å²) in [6, 6.07) is 0.264. The highest BCUT2D eigenvalue weighted by molar-refractivity contribution is 14.1. The van der Waals surface area contributed by atoms with E-state index in [4.69, 9.17) is 16.3 Å². The normalized spacial score (nSPS) is 10.3. The Balaban J connectivity index is 2.51. The van der Waals surface area contributed by atoms with Crippen molar-refractivity contribution in [1.82, 2.24) is 19.7 Å². The van der Waals surface area contributed by atoms with Crippen molar-refractivity contribution in [3.05, 3.63) is 27.2 Å². The smallest absolute Gasteiger partial charge is 0.318 e. The van der Waals surface area contributed by atoms with Crippen molar-refractivity contribution in [3.63, 3.8) is 0 Å². The third-order valence-corrected chi connectivity index (χ3v) is 2.48. The first-order valence-electron chi connectivity index (χ1n) is 3.98. The molecule has 2 heterocycles. The van der Waals surface area contributed by atoms with Gasteiger partial charge in [0, 0.05) is 6.20 Å². The molecule has 0 aromatic carbocycles. The number of rotatable bonds is 2. The Hall–Kier alpha value is -0.890. The molecule has 0 aliphatic heterocycles. The molecule has 15 heavy (non-hydrogen) atoms. The Bertz CT molecular complexity index is 487. The maximum absolute atomic E-state index is 5.95. The zero-order valence-electron chi connectivity index (χ0n) is 7.69. The second-order valence-corrected chi connectivity index (χ2v) is 4.28. The molecular formula is C8H6ClIN4O. The minimum Gasteiger partial charge on any atom is -0.467 e. The minimum atomic E-state index is 0.264. The Morgan fingerprint density at radius 3 is 2.87 bits per heavy atom. The molecule has 0 aliphatic rings. The van der Waals surface area contributed by atoms with E-state index in [1.165, 1.54) is 13.3 Å². The van der Waals surface area contributed by atoms with Crippen molar-refractivity contribution < 1.29 is 4.74 Å². The highest BCUT2D eigenvalue weighted by atomic mass is 127. The van der Waals surface area contributed by atoms with Crippen LogP contribution in [0.1, 0.15) is 0 Å². The van der Waals surface area contributed by atoms with Gasteiger partial charge in [-0.25, -0.2) is 9.67 Å². The van der Waals surface area contributed by atoms with E-state index in [-0.39, 0.29) is 6.01 Å². The molecule has 0 atom stereocenters. The number of aromatic nitrogens is 4. The van der Waals surface area contributed by atoms with Crippen LogP contribution < -0.4 is 4.74 Å². The minimum absolute atomic E-state index is 0.264. The molecule has 2 aromatic heterocycles. The van der Waals surface area contributed by atoms with Gasteiger partial charge in [-0.15, -0.1) is 0 Å². The summed E-state index contributed by atoms with van der Waals surface area (Å²) in [5.41, 5.74) is 0. The first-order chi connectivity index (χ1) is 7.20. The van der Waals surface area contributed by atoms with Crippen LogP contribution >= 0.6 is 34.2 Å². The van der Waals surface area contributed by atoms with Gasteiger partial charge in [0.2, 0.25) is 0 Å². The van der Waals surface area contributed by atoms with Crippen molar-refractivity contribution in [2.75, 3.05) is 7.11 Å². The second-order valence-electron chi connectivity index (χ2n) is 2.63. The zero-order valence-corrected chi connectivity index (χ0v) is 10.6. The van der Waals surface area contributed by atoms with Gasteiger partial charge < -0.3 is 4.74 Å². The molecule has 0 N–H and O–H groups in total. The molecule has 0 bridgehead atoms. The van der Waals surface area contributed by atoms with Gasteiger partial charge in [-0.1, -0.05) is 11.6 Å². The van der Waals surface area contributed by atoms with Gasteiger partial charge in [0.05, 0.1) is 23.1 Å². The predicted octanol–water partition coefficient (Wildman–Crippen LogP) is 1.93. The van der Waals surface area contributed by atoms with Crippen LogP contribution in [0.2, 0.25) is 5.02 Å². The van der Waals surface area contributed by atoms with Crippen LogP contribution in [0.3, 0.4) is 0 Å². The molecular weight excluding hydrogens is 330 g/mol. The van der Waals surface area contributed by atoms with Gasteiger partial charge in [-0.3, -0.25) is 0 Å². The molecule has 0 saturated heterocycles. The lowest BCUT2D eigenvalue weighted by Crippen LogP contribution is -2.02. The monoisotopic (exact) mass is 336 g/mol. The van der Waals surface area contributed by atoms with Crippen molar-refractivity contribution in [2.45, 2.75) is 0 Å². The Morgan fingerprint density at radius 1 is 1.47 bits per heavy atom. The van der Waals surface area contributed by atoms with E-state index in [1.807, 2.05) is 6.20 Å². The van der Waals surface area contributed by atoms with Crippen LogP contribution in [-0.2, 0) is 0 Å². The average Bonchev–Trinajstić information content (AvgIpc) is 2.65. The van der Waals surface area contributed by atoms with Gasteiger partial charge in [0.25, 0.3) is 0 Å². The van der Waals surface area contributed by atoms with Crippen molar-refractivity contribution in [1.29, 1.82) is 0 Å². The van der Waals surface area contributed by atoms with Gasteiger partial charge in [0.1, 0.15) is 5.02 Å². The average molecular weight is 337 g/mol. The molecule has 0 spiro atoms. The van der Waals surface area contributed by atoms with Gasteiger partial charge >= 0.3 is 6.01 Å². The Morgan fingerprint density at radius 2 is 2.27 bits per heavy atom. The molecule has 0 saturated carbocycles. The lowest BCUT2D eigenvalue weighted by molar-refractivity contribution is 0.379. The maximum Gasteiger partial charge on any atom is 0.318 e. The number of halogens is 2. The summed E-state index contributed by atoms with van der Waals surface area (Å²) in [5, 5.41) is 4.53. The van der Waals surface area contributed by atoms with Crippen LogP contribution in [-0.4, -0.2) is 26.9 Å². The molecule has 0 fully saturated rings. The number of ether oxygens (including phenoxy) is 1. The van der Waals surface area contributed by atoms with E-state index in [1.54, 1.807) is 10.9 Å². The van der Waals surface area contributed by atoms with Crippen LogP contribution in [0.15, 0.2) is 18.6 Å². The fraction of sp³-hybridized carbons (Fsp3) is 0.125. The number of hydrogen-bond donors (Lipinski definition) is 0. The van der Waals surface area contributed by atoms with E-state index < -0.39 is 0 Å². The molecule has 2 aromatic rings. The maximum atomic E-state index is 5.95. The third-order valence-electron chi connectivity index (χ3n) is 1.65. The first-order valence-corrected chi connectivity index (χ1v) is 5.43. The number of methoxy groups -OCH3 is 1. The largest absolute Gasteiger partial charge is 0.467 e. The van der Waals surface area contributed by atoms with Gasteiger partial charge in [-0.2, -0.15) is 10.1 Å². The molecule has 0 amide bonds. The lowest BCUT2D eigenvalue weighted by atomic mass is 10.6. The standard InChI is InChI=1S/C8H6ClIN4O/c1-15-8-11-3-6(9)7(13-8)14-4-5(10)2-12-14/h2-4H,1H3. The number of hydrogen-bond acceptors (Lipinski definition) is 4. The van der Waals surface area contributed by atoms with Gasteiger partial charge in [-0.05, 0) is 22.6 Å². The van der Waals surface area contributed by atoms with E-state index >= 15 is 0 Å². The number of nitrogens with zero attached hydrogens (tertiary/aromatic N) is 4. The van der Waals surface area contributed by atoms with Crippen LogP contribution in [0.4, 0.5) is 0 Å². The van der Waals surface area contributed by atoms with Crippen LogP contribution in [0.25, 0.3) is 5.82 Å². The summed E-state index contributed by atoms with van der Waals surface area (Å²) < 4.78 is 7.49. The van der Waals surface area contributed by atoms with Gasteiger partial charge in [0.15, 0.2) is 5.82 Å². The van der Waals surface area contributed by atoms with E-state index in [9.17, 15) is 0 Å². The summed E-state index contributed by atoms with van der Waals surface area (Å²) in [7, 11) is 1.50. The van der Waals surface area contributed by atoms with E-state index in [0.29, 0.717) is 10.8 Å². The molecule has 0 unspecified atom stereocenters. The summed E-state index contributed by atoms with van der Waals surface area (Å²) in [4.78, 5) is 7.99. The molecule has 78 valence electrons. The highest BCUT2D eigenvalue weighted by Crippen LogP contribution is 2.19. The van der Waals surface area contributed by atoms with Crippen molar-refractivity contribution in [2.24, 2.45) is 0 Å². The SMILES string of the molecule is COc1ncc(Cl)c(-n2cc(I)cn2)n1. The quantitative estimate of drug-likeness (QED) is 0.787. The second kappa shape index (κ2) is 4.31. The van der Waals surface area contributed by atoms with E-state index in [0.717, 1.165) is 3.57 Å². The summed E-state index contributed by atoms with van der Waals surface area (Å²) >= 11 is 8.11. The fourth-order valence-electron chi connectivity index (χ4n) is 1.02. The lowest BCUT2D eigenvalue weighted by Gasteiger charge is -2.03. The molecule has 7 heteroatoms. The van der Waals surface area contributed by atoms with Crippen LogP contribution in [0, 0.1) is 3.57 Å². The van der Waals surface area contributed by atoms with Crippen molar-refractivity contribution >= 4 is 34.2 Å². The summed E-state index contributed by atoms with van der Waals surface area (Å²) in [6.07, 6.45) is 5.01. The Labute approximate surface area is 105 Å². The Kier molecular flexibility index (Phi) is 3.06. The first kappa shape index (κ1) is 10.6. The van der Waals surface area contributed by atoms with E-state index in [2.05, 4.69) is 37.7 Å². The third kappa shape index (κ3) is 2.20. The summed E-state index contributed by atoms with van der Waals surface area (Å²) in [5.74, 6) is 0.506. The summed E-state index contributed by atoms with van der Waals surface area (Å²) in [6.45, 7) is 0.